The number of aryl methyl sites for hydroxylation is 18. The monoisotopic (exact) mass is 2290 g/mol. The summed E-state index contributed by atoms with van der Waals surface area (Å²) < 4.78 is 2.68. The Balaban J connectivity index is 0.000000221. The van der Waals surface area contributed by atoms with Gasteiger partial charge in [-0.25, -0.2) is 0 Å². The Morgan fingerprint density at radius 1 is 0.261 bits per heavy atom. The third-order valence-corrected chi connectivity index (χ3v) is 32.3. The molecule has 4 heterocycles. The van der Waals surface area contributed by atoms with E-state index in [2.05, 4.69) is 546 Å². The molecule has 0 aromatic heterocycles. The SMILES string of the molecule is CC(C)c1cccc(C(C)C)c1N1C=CN(c2c(C(C)C)cccc2C(C)C)C1.CC(C)c1cccc(C(C)C)c1N1CCN(c2c(C(C)C)cccc2C(C)C)C1.CCCI.CCCSI.Cc1cc(C)c(I)c(C)c1.Cc1cc(C)c(N2C=CN(c3c(C)cc(C)cc3C)C2)c(C)c1.Cc1cc(C)c(N2CCN(c3c(C)cc(C)cc3C)C2)c(C)c1.Cc1cc(C)c(SI)c(C)c1. The fourth-order valence-corrected chi connectivity index (χ4v) is 24.1. The third kappa shape index (κ3) is 31.1. The molecule has 0 aliphatic carbocycles. The van der Waals surface area contributed by atoms with E-state index in [4.69, 9.17) is 0 Å². The predicted molar refractivity (Wildman–Crippen MR) is 638 cm³/mol. The fourth-order valence-electron chi connectivity index (χ4n) is 19.9. The van der Waals surface area contributed by atoms with Gasteiger partial charge in [-0.3, -0.25) is 0 Å². The Kier molecular flexibility index (Phi) is 46.6. The van der Waals surface area contributed by atoms with E-state index in [1.807, 2.05) is 8.93 Å². The fraction of sp³-hybridized carbons (Fsp3) is 0.467. The second kappa shape index (κ2) is 54.5. The van der Waals surface area contributed by atoms with Crippen molar-refractivity contribution >= 4 is 151 Å². The van der Waals surface area contributed by atoms with Gasteiger partial charge in [0.05, 0.1) is 26.7 Å². The van der Waals surface area contributed by atoms with Gasteiger partial charge in [-0.05, 0) is 344 Å². The molecule has 0 amide bonds. The lowest BCUT2D eigenvalue weighted by atomic mass is 9.91. The van der Waals surface area contributed by atoms with Crippen LogP contribution in [0, 0.1) is 128 Å². The molecular formula is C120H168I4N8S2. The lowest BCUT2D eigenvalue weighted by Crippen LogP contribution is -2.28. The number of halogens is 4. The van der Waals surface area contributed by atoms with Crippen LogP contribution in [0.3, 0.4) is 0 Å². The summed E-state index contributed by atoms with van der Waals surface area (Å²) in [5, 5.41) is 0. The van der Waals surface area contributed by atoms with Crippen molar-refractivity contribution in [3.8, 4) is 0 Å². The van der Waals surface area contributed by atoms with Crippen molar-refractivity contribution in [3.05, 3.63) is 319 Å². The molecule has 0 radical (unpaired) electrons. The van der Waals surface area contributed by atoms with Gasteiger partial charge in [0.2, 0.25) is 0 Å². The van der Waals surface area contributed by atoms with Gasteiger partial charge in [-0.2, -0.15) is 0 Å². The van der Waals surface area contributed by atoms with Gasteiger partial charge in [-0.15, -0.1) is 0 Å². The summed E-state index contributed by atoms with van der Waals surface area (Å²) in [4.78, 5) is 21.3. The molecule has 0 saturated carbocycles. The molecule has 0 atom stereocenters. The van der Waals surface area contributed by atoms with Crippen molar-refractivity contribution < 1.29 is 0 Å². The lowest BCUT2D eigenvalue weighted by molar-refractivity contribution is 0.797. The highest BCUT2D eigenvalue weighted by Crippen LogP contribution is 2.45. The van der Waals surface area contributed by atoms with Gasteiger partial charge in [0.15, 0.2) is 0 Å². The first-order valence-electron chi connectivity index (χ1n) is 49.4. The van der Waals surface area contributed by atoms with Crippen LogP contribution in [-0.4, -0.2) is 63.0 Å². The number of hydrogen-bond donors (Lipinski definition) is 0. The molecule has 8 nitrogen and oxygen atoms in total. The third-order valence-electron chi connectivity index (χ3n) is 25.5. The van der Waals surface area contributed by atoms with E-state index in [0.29, 0.717) is 47.3 Å². The Morgan fingerprint density at radius 3 is 0.649 bits per heavy atom. The molecule has 10 aromatic carbocycles. The van der Waals surface area contributed by atoms with Crippen molar-refractivity contribution in [1.29, 1.82) is 0 Å². The van der Waals surface area contributed by atoms with Crippen molar-refractivity contribution in [3.63, 3.8) is 0 Å². The van der Waals surface area contributed by atoms with Crippen LogP contribution in [0.4, 0.5) is 45.5 Å². The Morgan fingerprint density at radius 2 is 0.455 bits per heavy atom. The molecular weight excluding hydrogens is 2130 g/mol. The molecule has 14 rings (SSSR count). The van der Waals surface area contributed by atoms with E-state index >= 15 is 0 Å². The van der Waals surface area contributed by atoms with Gasteiger partial charge in [-0.1, -0.05) is 344 Å². The van der Waals surface area contributed by atoms with E-state index in [1.165, 1.54) is 222 Å². The number of rotatable bonds is 20. The van der Waals surface area contributed by atoms with E-state index in [9.17, 15) is 0 Å². The van der Waals surface area contributed by atoms with Crippen LogP contribution in [0.2, 0.25) is 0 Å². The summed E-state index contributed by atoms with van der Waals surface area (Å²) in [7, 11) is 3.67. The first-order chi connectivity index (χ1) is 63.2. The molecule has 14 heteroatoms. The lowest BCUT2D eigenvalue weighted by Gasteiger charge is -2.31. The van der Waals surface area contributed by atoms with Crippen LogP contribution >= 0.6 is 105 Å². The molecule has 0 N–H and O–H groups in total. The first-order valence-corrected chi connectivity index (χ1v) is 58.9. The maximum absolute atomic E-state index is 2.63. The molecule has 0 spiro atoms. The first kappa shape index (κ1) is 115. The average molecular weight is 2290 g/mol. The van der Waals surface area contributed by atoms with Crippen LogP contribution in [0.1, 0.15) is 329 Å². The van der Waals surface area contributed by atoms with Crippen LogP contribution in [0.25, 0.3) is 0 Å². The van der Waals surface area contributed by atoms with Crippen molar-refractivity contribution in [2.45, 2.75) is 314 Å². The van der Waals surface area contributed by atoms with Crippen molar-refractivity contribution in [2.24, 2.45) is 0 Å². The highest BCUT2D eigenvalue weighted by Gasteiger charge is 2.32. The minimum atomic E-state index is 0.500. The summed E-state index contributed by atoms with van der Waals surface area (Å²) in [5.41, 5.74) is 47.5. The molecule has 134 heavy (non-hydrogen) atoms. The number of benzene rings is 10. The largest absolute Gasteiger partial charge is 0.352 e. The van der Waals surface area contributed by atoms with Crippen LogP contribution in [0.15, 0.2) is 175 Å². The summed E-state index contributed by atoms with van der Waals surface area (Å²) >= 11 is 9.37. The number of alkyl halides is 1. The Hall–Kier alpha value is -6.30. The van der Waals surface area contributed by atoms with E-state index in [0.717, 1.165) is 52.9 Å². The molecule has 2 saturated heterocycles. The molecule has 0 bridgehead atoms. The number of anilines is 8. The molecule has 4 aliphatic heterocycles. The smallest absolute Gasteiger partial charge is 0.0989 e. The Labute approximate surface area is 877 Å². The van der Waals surface area contributed by atoms with E-state index in [1.54, 1.807) is 8.93 Å². The molecule has 728 valence electrons. The molecule has 10 aromatic rings. The second-order valence-corrected chi connectivity index (χ2v) is 47.0. The highest BCUT2D eigenvalue weighted by atomic mass is 127. The zero-order chi connectivity index (χ0) is 99.7. The standard InChI is InChI=1S/C27H40N2.C27H38N2.C21H28N2.C21H26N2.C9H11IS.C9H11I.C3H7IS.C3H7I/c2*1-18(2)22-11-9-12-23(19(3)4)26(22)28-15-16-29(17-28)27-24(20(5)6)13-10-14-25(27)21(7)8;2*1-14-9-16(3)20(17(4)10-14)22-7-8-23(13-22)21-18(5)11-15(2)12-19(21)6;1-6-4-7(2)9(11-10)8(3)5-6;1-6-4-7(2)9(10)8(3)5-6;1-2-3-5-4;1-2-3-4/h9-14,18-21H,15-17H2,1-8H3;9-16,18-21H,17H2,1-8H3;9-12H,7-8,13H2,1-6H3;7-12H,13H2,1-6H3;4-5H,1-3H3;4-5H,1-3H3;2-3H2,1H3;2-3H2,1H3. The molecule has 2 fully saturated rings. The summed E-state index contributed by atoms with van der Waals surface area (Å²) in [6.45, 7) is 88.7. The zero-order valence-corrected chi connectivity index (χ0v) is 99.4. The van der Waals surface area contributed by atoms with Crippen molar-refractivity contribution in [1.82, 2.24) is 0 Å². The second-order valence-electron chi connectivity index (χ2n) is 40.5. The minimum absolute atomic E-state index is 0.500. The summed E-state index contributed by atoms with van der Waals surface area (Å²) in [6, 6.07) is 54.6. The van der Waals surface area contributed by atoms with Gasteiger partial charge < -0.3 is 39.2 Å². The van der Waals surface area contributed by atoms with E-state index in [-0.39, 0.29) is 0 Å². The maximum atomic E-state index is 2.63. The summed E-state index contributed by atoms with van der Waals surface area (Å²) in [6.07, 6.45) is 11.5. The van der Waals surface area contributed by atoms with Gasteiger partial charge in [0.25, 0.3) is 0 Å². The van der Waals surface area contributed by atoms with Gasteiger partial charge >= 0.3 is 0 Å². The average Bonchev–Trinajstić information content (AvgIpc) is 1.63. The van der Waals surface area contributed by atoms with Crippen LogP contribution < -0.4 is 39.2 Å². The van der Waals surface area contributed by atoms with Crippen molar-refractivity contribution in [2.75, 3.05) is 102 Å². The number of hydrogen-bond acceptors (Lipinski definition) is 10. The highest BCUT2D eigenvalue weighted by molar-refractivity contribution is 14.2. The van der Waals surface area contributed by atoms with E-state index < -0.39 is 0 Å². The normalized spacial score (nSPS) is 13.4. The van der Waals surface area contributed by atoms with Gasteiger partial charge in [0.1, 0.15) is 0 Å². The number of nitrogens with zero attached hydrogens (tertiary/aromatic N) is 8. The molecule has 4 aliphatic rings. The maximum Gasteiger partial charge on any atom is 0.0989 e. The van der Waals surface area contributed by atoms with Crippen LogP contribution in [-0.2, 0) is 0 Å². The summed E-state index contributed by atoms with van der Waals surface area (Å²) in [5.74, 6) is 5.43. The topological polar surface area (TPSA) is 25.9 Å². The quantitative estimate of drug-likeness (QED) is 0.0542. The predicted octanol–water partition coefficient (Wildman–Crippen LogP) is 37.1. The number of para-hydroxylation sites is 4. The zero-order valence-electron chi connectivity index (χ0n) is 89.2. The van der Waals surface area contributed by atoms with Crippen LogP contribution in [0.5, 0.6) is 0 Å². The Bertz CT molecular complexity index is 5020. The minimum Gasteiger partial charge on any atom is -0.352 e. The van der Waals surface area contributed by atoms with Gasteiger partial charge in [0, 0.05) is 132 Å². The molecule has 0 unspecified atom stereocenters.